The maximum Gasteiger partial charge on any atom is 0.146 e. The van der Waals surface area contributed by atoms with E-state index in [-0.39, 0.29) is 0 Å². The lowest BCUT2D eigenvalue weighted by Gasteiger charge is -2.22. The van der Waals surface area contributed by atoms with Gasteiger partial charge in [-0.3, -0.25) is 0 Å². The summed E-state index contributed by atoms with van der Waals surface area (Å²) in [6.45, 7) is 9.49. The highest BCUT2D eigenvalue weighted by Crippen LogP contribution is 2.27. The van der Waals surface area contributed by atoms with Gasteiger partial charge in [-0.25, -0.2) is 9.97 Å². The Labute approximate surface area is 112 Å². The summed E-state index contributed by atoms with van der Waals surface area (Å²) in [5, 5.41) is 6.66. The number of nitrogens with one attached hydrogen (secondary N) is 2. The van der Waals surface area contributed by atoms with Crippen LogP contribution in [0.4, 0.5) is 11.6 Å². The van der Waals surface area contributed by atoms with Crippen LogP contribution in [0.5, 0.6) is 0 Å². The van der Waals surface area contributed by atoms with Crippen LogP contribution in [-0.4, -0.2) is 22.6 Å². The molecule has 0 radical (unpaired) electrons. The fraction of sp³-hybridized carbons (Fsp3) is 0.667. The molecule has 0 aromatic carbocycles. The number of halogens is 1. The van der Waals surface area contributed by atoms with E-state index in [0.29, 0.717) is 12.0 Å². The summed E-state index contributed by atoms with van der Waals surface area (Å²) in [6.07, 6.45) is 2.66. The summed E-state index contributed by atoms with van der Waals surface area (Å²) in [5.41, 5.74) is 0. The van der Waals surface area contributed by atoms with Gasteiger partial charge in [0, 0.05) is 12.6 Å². The van der Waals surface area contributed by atoms with E-state index in [1.54, 1.807) is 6.33 Å². The highest BCUT2D eigenvalue weighted by molar-refractivity contribution is 9.10. The molecule has 0 saturated heterocycles. The Hall–Kier alpha value is -0.840. The van der Waals surface area contributed by atoms with Crippen LogP contribution < -0.4 is 10.6 Å². The van der Waals surface area contributed by atoms with Gasteiger partial charge in [0.25, 0.3) is 0 Å². The molecular formula is C12H21BrN4. The smallest absolute Gasteiger partial charge is 0.146 e. The second-order valence-corrected chi connectivity index (χ2v) is 5.11. The van der Waals surface area contributed by atoms with Crippen molar-refractivity contribution in [3.63, 3.8) is 0 Å². The van der Waals surface area contributed by atoms with Crippen molar-refractivity contribution in [2.75, 3.05) is 17.2 Å². The Bertz CT molecular complexity index is 354. The number of aromatic nitrogens is 2. The number of rotatable bonds is 6. The first-order valence-corrected chi connectivity index (χ1v) is 6.90. The third kappa shape index (κ3) is 3.84. The van der Waals surface area contributed by atoms with Gasteiger partial charge in [0.1, 0.15) is 22.4 Å². The highest BCUT2D eigenvalue weighted by Gasteiger charge is 2.14. The molecule has 1 heterocycles. The van der Waals surface area contributed by atoms with E-state index >= 15 is 0 Å². The predicted molar refractivity (Wildman–Crippen MR) is 76.4 cm³/mol. The molecule has 1 aromatic heterocycles. The molecule has 0 spiro atoms. The normalized spacial score (nSPS) is 12.6. The molecule has 0 amide bonds. The molecular weight excluding hydrogens is 280 g/mol. The second kappa shape index (κ2) is 6.79. The van der Waals surface area contributed by atoms with Crippen molar-refractivity contribution in [2.45, 2.75) is 40.2 Å². The lowest BCUT2D eigenvalue weighted by molar-refractivity contribution is 0.509. The lowest BCUT2D eigenvalue weighted by Crippen LogP contribution is -2.25. The first kappa shape index (κ1) is 14.2. The summed E-state index contributed by atoms with van der Waals surface area (Å²) < 4.78 is 0.904. The third-order valence-corrected chi connectivity index (χ3v) is 3.45. The van der Waals surface area contributed by atoms with Gasteiger partial charge < -0.3 is 10.6 Å². The fourth-order valence-electron chi connectivity index (χ4n) is 1.68. The molecule has 0 aliphatic carbocycles. The number of hydrogen-bond acceptors (Lipinski definition) is 4. The maximum atomic E-state index is 4.28. The van der Waals surface area contributed by atoms with E-state index in [4.69, 9.17) is 0 Å². The molecule has 17 heavy (non-hydrogen) atoms. The van der Waals surface area contributed by atoms with Gasteiger partial charge in [-0.15, -0.1) is 0 Å². The van der Waals surface area contributed by atoms with E-state index in [2.05, 4.69) is 57.3 Å². The molecule has 0 aliphatic rings. The van der Waals surface area contributed by atoms with E-state index < -0.39 is 0 Å². The van der Waals surface area contributed by atoms with Gasteiger partial charge in [-0.05, 0) is 35.2 Å². The summed E-state index contributed by atoms with van der Waals surface area (Å²) in [6, 6.07) is 0.427. The van der Waals surface area contributed by atoms with Crippen LogP contribution in [0.3, 0.4) is 0 Å². The fourth-order valence-corrected chi connectivity index (χ4v) is 2.14. The Balaban J connectivity index is 2.87. The molecule has 0 bridgehead atoms. The van der Waals surface area contributed by atoms with Crippen molar-refractivity contribution < 1.29 is 0 Å². The van der Waals surface area contributed by atoms with Crippen LogP contribution in [-0.2, 0) is 0 Å². The first-order valence-electron chi connectivity index (χ1n) is 6.11. The van der Waals surface area contributed by atoms with E-state index in [9.17, 15) is 0 Å². The van der Waals surface area contributed by atoms with E-state index in [1.165, 1.54) is 0 Å². The average molecular weight is 301 g/mol. The minimum Gasteiger partial charge on any atom is -0.369 e. The Morgan fingerprint density at radius 1 is 1.24 bits per heavy atom. The highest BCUT2D eigenvalue weighted by atomic mass is 79.9. The van der Waals surface area contributed by atoms with Gasteiger partial charge in [0.2, 0.25) is 0 Å². The van der Waals surface area contributed by atoms with Crippen LogP contribution in [0, 0.1) is 5.92 Å². The second-order valence-electron chi connectivity index (χ2n) is 4.32. The van der Waals surface area contributed by atoms with E-state index in [1.807, 2.05) is 6.92 Å². The zero-order chi connectivity index (χ0) is 12.8. The topological polar surface area (TPSA) is 49.8 Å². The standard InChI is InChI=1S/C12H21BrN4/c1-5-9(8(3)4)17-12-10(13)11(14-6-2)15-7-16-12/h7-9H,5-6H2,1-4H3,(H2,14,15,16,17). The third-order valence-electron chi connectivity index (χ3n) is 2.70. The van der Waals surface area contributed by atoms with Gasteiger partial charge in [-0.1, -0.05) is 20.8 Å². The molecule has 1 atom stereocenters. The molecule has 96 valence electrons. The molecule has 0 aliphatic heterocycles. The quantitative estimate of drug-likeness (QED) is 0.844. The maximum absolute atomic E-state index is 4.28. The Morgan fingerprint density at radius 2 is 1.88 bits per heavy atom. The van der Waals surface area contributed by atoms with Crippen LogP contribution in [0.2, 0.25) is 0 Å². The summed E-state index contributed by atoms with van der Waals surface area (Å²) in [4.78, 5) is 8.48. The van der Waals surface area contributed by atoms with Crippen molar-refractivity contribution in [2.24, 2.45) is 5.92 Å². The minimum atomic E-state index is 0.427. The average Bonchev–Trinajstić information content (AvgIpc) is 2.30. The summed E-state index contributed by atoms with van der Waals surface area (Å²) in [5.74, 6) is 2.27. The van der Waals surface area contributed by atoms with Gasteiger partial charge in [0.05, 0.1) is 0 Å². The molecule has 1 aromatic rings. The zero-order valence-electron chi connectivity index (χ0n) is 10.9. The number of anilines is 2. The first-order chi connectivity index (χ1) is 8.10. The Kier molecular flexibility index (Phi) is 5.68. The molecule has 0 saturated carbocycles. The van der Waals surface area contributed by atoms with Crippen molar-refractivity contribution in [3.8, 4) is 0 Å². The molecule has 2 N–H and O–H groups in total. The number of nitrogens with zero attached hydrogens (tertiary/aromatic N) is 2. The van der Waals surface area contributed by atoms with Crippen LogP contribution >= 0.6 is 15.9 Å². The van der Waals surface area contributed by atoms with Gasteiger partial charge in [-0.2, -0.15) is 0 Å². The largest absolute Gasteiger partial charge is 0.369 e. The predicted octanol–water partition coefficient (Wildman–Crippen LogP) is 3.52. The van der Waals surface area contributed by atoms with Crippen molar-refractivity contribution >= 4 is 27.6 Å². The van der Waals surface area contributed by atoms with E-state index in [0.717, 1.165) is 29.1 Å². The Morgan fingerprint density at radius 3 is 2.41 bits per heavy atom. The molecule has 1 rings (SSSR count). The molecule has 4 nitrogen and oxygen atoms in total. The summed E-state index contributed by atoms with van der Waals surface area (Å²) >= 11 is 3.54. The van der Waals surface area contributed by atoms with Crippen LogP contribution in [0.15, 0.2) is 10.8 Å². The molecule has 0 fully saturated rings. The lowest BCUT2D eigenvalue weighted by atomic mass is 10.0. The van der Waals surface area contributed by atoms with Crippen LogP contribution in [0.1, 0.15) is 34.1 Å². The zero-order valence-corrected chi connectivity index (χ0v) is 12.5. The van der Waals surface area contributed by atoms with Crippen LogP contribution in [0.25, 0.3) is 0 Å². The van der Waals surface area contributed by atoms with Crippen molar-refractivity contribution in [1.29, 1.82) is 0 Å². The van der Waals surface area contributed by atoms with Gasteiger partial charge >= 0.3 is 0 Å². The monoisotopic (exact) mass is 300 g/mol. The minimum absolute atomic E-state index is 0.427. The summed E-state index contributed by atoms with van der Waals surface area (Å²) in [7, 11) is 0. The SMILES string of the molecule is CCNc1ncnc(NC(CC)C(C)C)c1Br. The number of hydrogen-bond donors (Lipinski definition) is 2. The van der Waals surface area contributed by atoms with Gasteiger partial charge in [0.15, 0.2) is 0 Å². The molecule has 1 unspecified atom stereocenters. The molecule has 5 heteroatoms. The van der Waals surface area contributed by atoms with Crippen molar-refractivity contribution in [1.82, 2.24) is 9.97 Å². The van der Waals surface area contributed by atoms with Crippen molar-refractivity contribution in [3.05, 3.63) is 10.8 Å².